The number of benzene rings is 5. The van der Waals surface area contributed by atoms with E-state index in [-0.39, 0.29) is 17.3 Å². The van der Waals surface area contributed by atoms with Crippen molar-refractivity contribution < 1.29 is 33.4 Å². The second-order valence-corrected chi connectivity index (χ2v) is 12.5. The van der Waals surface area contributed by atoms with E-state index in [1.165, 1.54) is 11.7 Å². The standard InChI is InChI=1S/C27H22N4O4.C17H16N2O3/c1-18-23(28-26(35-18)20-8-4-2-5-9-20)16-17-34-22-14-12-19(13-15-22)24-25(27(32)33)30-31(29-24)21-10-6-3-7-11-21;1-12(20)16(19-18-14-6-4-3-5-7-14)17(21)13-8-10-15(22-2)11-9-13/h2-15H,16-17H2,1H3,(H,32,33);3-11,16H,1-2H3. The van der Waals surface area contributed by atoms with Crippen LogP contribution in [0.3, 0.4) is 0 Å². The maximum absolute atomic E-state index is 12.4. The number of Topliss-reactive ketones (excluding diaryl/α,β-unsaturated/α-hetero) is 2. The summed E-state index contributed by atoms with van der Waals surface area (Å²) in [6.07, 6.45) is 0.596. The number of aromatic carboxylic acids is 1. The fraction of sp³-hybridized carbons (Fsp3) is 0.136. The molecule has 13 nitrogen and oxygen atoms in total. The molecule has 1 N–H and O–H groups in total. The number of para-hydroxylation sites is 1. The molecule has 0 saturated heterocycles. The summed E-state index contributed by atoms with van der Waals surface area (Å²) in [6.45, 7) is 3.65. The average molecular weight is 763 g/mol. The first-order valence-corrected chi connectivity index (χ1v) is 17.9. The maximum atomic E-state index is 12.4. The van der Waals surface area contributed by atoms with Gasteiger partial charge in [0.15, 0.2) is 23.3 Å². The molecule has 7 aromatic rings. The van der Waals surface area contributed by atoms with Crippen molar-refractivity contribution in [3.8, 4) is 39.9 Å². The smallest absolute Gasteiger partial charge is 0.358 e. The number of ether oxygens (including phenoxy) is 2. The Hall–Kier alpha value is -7.54. The van der Waals surface area contributed by atoms with Crippen molar-refractivity contribution in [2.75, 3.05) is 13.7 Å². The van der Waals surface area contributed by atoms with Crippen LogP contribution in [0.25, 0.3) is 28.4 Å². The molecule has 1 atom stereocenters. The molecular weight excluding hydrogens is 725 g/mol. The van der Waals surface area contributed by atoms with Gasteiger partial charge in [0.25, 0.3) is 0 Å². The van der Waals surface area contributed by atoms with E-state index in [4.69, 9.17) is 13.9 Å². The molecule has 0 radical (unpaired) electrons. The number of hydrogen-bond acceptors (Lipinski definition) is 11. The molecule has 0 bridgehead atoms. The summed E-state index contributed by atoms with van der Waals surface area (Å²) in [5, 5.41) is 26.0. The SMILES string of the molecule is COc1ccc(C(=O)C(N=Nc2ccccc2)C(C)=O)cc1.Cc1oc(-c2ccccc2)nc1CCOc1ccc(-c2nn(-c3ccccc3)nc2C(=O)O)cc1. The molecule has 0 spiro atoms. The first kappa shape index (κ1) is 39.2. The van der Waals surface area contributed by atoms with Gasteiger partial charge in [-0.25, -0.2) is 9.78 Å². The number of oxazole rings is 1. The minimum absolute atomic E-state index is 0.113. The van der Waals surface area contributed by atoms with Crippen molar-refractivity contribution in [1.82, 2.24) is 20.0 Å². The van der Waals surface area contributed by atoms with Gasteiger partial charge in [0.2, 0.25) is 5.89 Å². The number of carbonyl (C=O) groups is 3. The fourth-order valence-electron chi connectivity index (χ4n) is 5.51. The third-order valence-corrected chi connectivity index (χ3v) is 8.51. The molecule has 0 amide bonds. The quantitative estimate of drug-likeness (QED) is 0.0641. The highest BCUT2D eigenvalue weighted by Crippen LogP contribution is 2.26. The predicted molar refractivity (Wildman–Crippen MR) is 212 cm³/mol. The number of methoxy groups -OCH3 is 1. The Morgan fingerprint density at radius 2 is 1.39 bits per heavy atom. The number of hydrogen-bond donors (Lipinski definition) is 1. The van der Waals surface area contributed by atoms with Crippen LogP contribution in [-0.2, 0) is 11.2 Å². The van der Waals surface area contributed by atoms with Crippen LogP contribution >= 0.6 is 0 Å². The van der Waals surface area contributed by atoms with Crippen LogP contribution in [0.4, 0.5) is 5.69 Å². The molecule has 0 aliphatic carbocycles. The zero-order valence-corrected chi connectivity index (χ0v) is 31.4. The van der Waals surface area contributed by atoms with Crippen molar-refractivity contribution in [3.63, 3.8) is 0 Å². The molecule has 57 heavy (non-hydrogen) atoms. The van der Waals surface area contributed by atoms with Crippen molar-refractivity contribution in [1.29, 1.82) is 0 Å². The minimum atomic E-state index is -1.14. The van der Waals surface area contributed by atoms with E-state index >= 15 is 0 Å². The summed E-state index contributed by atoms with van der Waals surface area (Å²) in [5.41, 5.74) is 4.27. The van der Waals surface area contributed by atoms with Gasteiger partial charge in [0.1, 0.15) is 23.0 Å². The van der Waals surface area contributed by atoms with Gasteiger partial charge in [0, 0.05) is 23.1 Å². The first-order chi connectivity index (χ1) is 27.7. The third kappa shape index (κ3) is 10.2. The van der Waals surface area contributed by atoms with Gasteiger partial charge >= 0.3 is 5.97 Å². The lowest BCUT2D eigenvalue weighted by Crippen LogP contribution is -2.26. The Morgan fingerprint density at radius 3 is 2.00 bits per heavy atom. The van der Waals surface area contributed by atoms with Gasteiger partial charge in [-0.3, -0.25) is 9.59 Å². The molecule has 0 aliphatic heterocycles. The number of carboxylic acids is 1. The van der Waals surface area contributed by atoms with E-state index in [0.717, 1.165) is 17.0 Å². The monoisotopic (exact) mass is 762 g/mol. The third-order valence-electron chi connectivity index (χ3n) is 8.51. The summed E-state index contributed by atoms with van der Waals surface area (Å²) in [4.78, 5) is 41.8. The van der Waals surface area contributed by atoms with E-state index in [9.17, 15) is 19.5 Å². The summed E-state index contributed by atoms with van der Waals surface area (Å²) >= 11 is 0. The Morgan fingerprint density at radius 1 is 0.772 bits per heavy atom. The second-order valence-electron chi connectivity index (χ2n) is 12.5. The molecule has 1 unspecified atom stereocenters. The molecule has 2 aromatic heterocycles. The van der Waals surface area contributed by atoms with Crippen molar-refractivity contribution in [2.45, 2.75) is 26.3 Å². The second kappa shape index (κ2) is 18.7. The van der Waals surface area contributed by atoms with Gasteiger partial charge in [0.05, 0.1) is 30.8 Å². The number of aromatic nitrogens is 4. The molecule has 5 aromatic carbocycles. The molecule has 13 heteroatoms. The topological polar surface area (TPSA) is 171 Å². The summed E-state index contributed by atoms with van der Waals surface area (Å²) in [6, 6.07) is 40.4. The van der Waals surface area contributed by atoms with Gasteiger partial charge in [-0.15, -0.1) is 10.2 Å². The van der Waals surface area contributed by atoms with Crippen molar-refractivity contribution >= 4 is 23.2 Å². The van der Waals surface area contributed by atoms with Crippen LogP contribution in [-0.4, -0.2) is 62.4 Å². The summed E-state index contributed by atoms with van der Waals surface area (Å²) in [7, 11) is 1.54. The van der Waals surface area contributed by atoms with Crippen LogP contribution in [0, 0.1) is 6.92 Å². The summed E-state index contributed by atoms with van der Waals surface area (Å²) < 4.78 is 16.7. The Kier molecular flexibility index (Phi) is 12.8. The molecular formula is C44H38N6O7. The molecule has 0 fully saturated rings. The number of ketones is 2. The number of carboxylic acid groups (broad SMARTS) is 1. The maximum Gasteiger partial charge on any atom is 0.358 e. The normalized spacial score (nSPS) is 11.4. The number of azo groups is 1. The molecule has 0 saturated carbocycles. The molecule has 286 valence electrons. The van der Waals surface area contributed by atoms with E-state index in [1.54, 1.807) is 67.8 Å². The highest BCUT2D eigenvalue weighted by atomic mass is 16.5. The Bertz CT molecular complexity index is 2450. The van der Waals surface area contributed by atoms with Crippen molar-refractivity contribution in [3.05, 3.63) is 162 Å². The van der Waals surface area contributed by atoms with Crippen molar-refractivity contribution in [2.24, 2.45) is 10.2 Å². The molecule has 0 aliphatic rings. The minimum Gasteiger partial charge on any atom is -0.497 e. The van der Waals surface area contributed by atoms with Gasteiger partial charge in [-0.05, 0) is 98.8 Å². The zero-order valence-electron chi connectivity index (χ0n) is 31.4. The predicted octanol–water partition coefficient (Wildman–Crippen LogP) is 8.84. The van der Waals surface area contributed by atoms with Gasteiger partial charge in [-0.2, -0.15) is 15.0 Å². The van der Waals surface area contributed by atoms with E-state index in [1.807, 2.05) is 85.8 Å². The van der Waals surface area contributed by atoms with Crippen LogP contribution in [0.15, 0.2) is 154 Å². The van der Waals surface area contributed by atoms with Crippen LogP contribution < -0.4 is 9.47 Å². The number of aryl methyl sites for hydroxylation is 1. The molecule has 7 rings (SSSR count). The largest absolute Gasteiger partial charge is 0.497 e. The first-order valence-electron chi connectivity index (χ1n) is 17.9. The fourth-order valence-corrected chi connectivity index (χ4v) is 5.51. The van der Waals surface area contributed by atoms with Gasteiger partial charge in [-0.1, -0.05) is 54.6 Å². The molecule has 2 heterocycles. The highest BCUT2D eigenvalue weighted by molar-refractivity contribution is 6.13. The summed E-state index contributed by atoms with van der Waals surface area (Å²) in [5.74, 6) is 0.800. The van der Waals surface area contributed by atoms with Crippen LogP contribution in [0.2, 0.25) is 0 Å². The lowest BCUT2D eigenvalue weighted by Gasteiger charge is -2.07. The van der Waals surface area contributed by atoms with E-state index < -0.39 is 12.0 Å². The van der Waals surface area contributed by atoms with Crippen LogP contribution in [0.5, 0.6) is 11.5 Å². The van der Waals surface area contributed by atoms with E-state index in [0.29, 0.717) is 58.6 Å². The zero-order chi connectivity index (χ0) is 40.1. The highest BCUT2D eigenvalue weighted by Gasteiger charge is 2.24. The van der Waals surface area contributed by atoms with Crippen LogP contribution in [0.1, 0.15) is 39.2 Å². The lowest BCUT2D eigenvalue weighted by atomic mass is 10.0. The average Bonchev–Trinajstić information content (AvgIpc) is 3.87. The Labute approximate surface area is 328 Å². The number of nitrogens with zero attached hydrogens (tertiary/aromatic N) is 6. The lowest BCUT2D eigenvalue weighted by molar-refractivity contribution is -0.117. The Balaban J connectivity index is 0.000000215. The van der Waals surface area contributed by atoms with Gasteiger partial charge < -0.3 is 19.0 Å². The number of rotatable bonds is 14. The number of carbonyl (C=O) groups excluding carboxylic acids is 2. The van der Waals surface area contributed by atoms with E-state index in [2.05, 4.69) is 25.4 Å².